The first-order valence-corrected chi connectivity index (χ1v) is 8.76. The molecule has 23 heavy (non-hydrogen) atoms. The molecule has 1 heterocycles. The Morgan fingerprint density at radius 3 is 1.65 bits per heavy atom. The molecule has 3 rings (SSSR count). The minimum atomic E-state index is 0. The van der Waals surface area contributed by atoms with Crippen molar-refractivity contribution in [2.45, 2.75) is 38.0 Å². The molecule has 0 unspecified atom stereocenters. The third kappa shape index (κ3) is 5.37. The number of hydrogen-bond donors (Lipinski definition) is 0. The summed E-state index contributed by atoms with van der Waals surface area (Å²) in [5, 5.41) is 0. The van der Waals surface area contributed by atoms with Gasteiger partial charge in [-0.25, -0.2) is 0 Å². The average molecular weight is 330 g/mol. The van der Waals surface area contributed by atoms with Crippen molar-refractivity contribution in [1.29, 1.82) is 0 Å². The number of halogens is 1. The highest BCUT2D eigenvalue weighted by Crippen LogP contribution is 2.28. The molecule has 1 saturated heterocycles. The Balaban J connectivity index is 0.00000192. The summed E-state index contributed by atoms with van der Waals surface area (Å²) in [7, 11) is 0. The number of benzene rings is 2. The number of likely N-dealkylation sites (tertiary alicyclic amines) is 1. The lowest BCUT2D eigenvalue weighted by Crippen LogP contribution is -2.27. The van der Waals surface area contributed by atoms with E-state index >= 15 is 0 Å². The molecule has 2 aromatic rings. The van der Waals surface area contributed by atoms with Gasteiger partial charge in [-0.05, 0) is 50.0 Å². The largest absolute Gasteiger partial charge is 0.303 e. The Morgan fingerprint density at radius 1 is 0.696 bits per heavy atom. The third-order valence-corrected chi connectivity index (χ3v) is 4.84. The predicted molar refractivity (Wildman–Crippen MR) is 102 cm³/mol. The summed E-state index contributed by atoms with van der Waals surface area (Å²) < 4.78 is 0. The zero-order valence-electron chi connectivity index (χ0n) is 13.9. The number of nitrogens with zero attached hydrogens (tertiary/aromatic N) is 1. The van der Waals surface area contributed by atoms with E-state index in [1.165, 1.54) is 62.9 Å². The minimum Gasteiger partial charge on any atom is -0.303 e. The maximum Gasteiger partial charge on any atom is 0.0101 e. The second-order valence-corrected chi connectivity index (χ2v) is 6.42. The molecule has 1 nitrogen and oxygen atoms in total. The van der Waals surface area contributed by atoms with Crippen LogP contribution in [0.1, 0.15) is 49.1 Å². The highest BCUT2D eigenvalue weighted by Gasteiger charge is 2.16. The topological polar surface area (TPSA) is 3.24 Å². The highest BCUT2D eigenvalue weighted by atomic mass is 35.5. The number of hydrogen-bond acceptors (Lipinski definition) is 1. The van der Waals surface area contributed by atoms with Crippen LogP contribution in [0, 0.1) is 0 Å². The molecule has 2 aromatic carbocycles. The summed E-state index contributed by atoms with van der Waals surface area (Å²) in [5.74, 6) is 0.519. The van der Waals surface area contributed by atoms with Crippen molar-refractivity contribution in [1.82, 2.24) is 4.90 Å². The first kappa shape index (κ1) is 18.0. The quantitative estimate of drug-likeness (QED) is 0.699. The van der Waals surface area contributed by atoms with E-state index in [-0.39, 0.29) is 12.4 Å². The summed E-state index contributed by atoms with van der Waals surface area (Å²) in [6.45, 7) is 3.79. The second kappa shape index (κ2) is 9.75. The van der Waals surface area contributed by atoms with E-state index < -0.39 is 0 Å². The van der Waals surface area contributed by atoms with Gasteiger partial charge in [-0.2, -0.15) is 0 Å². The van der Waals surface area contributed by atoms with Gasteiger partial charge in [0.25, 0.3) is 0 Å². The Morgan fingerprint density at radius 2 is 1.17 bits per heavy atom. The van der Waals surface area contributed by atoms with E-state index in [4.69, 9.17) is 0 Å². The van der Waals surface area contributed by atoms with Crippen molar-refractivity contribution in [2.24, 2.45) is 0 Å². The van der Waals surface area contributed by atoms with Gasteiger partial charge < -0.3 is 4.90 Å². The summed E-state index contributed by atoms with van der Waals surface area (Å²) in [6, 6.07) is 22.0. The second-order valence-electron chi connectivity index (χ2n) is 6.42. The van der Waals surface area contributed by atoms with Crippen LogP contribution in [0.3, 0.4) is 0 Å². The fourth-order valence-electron chi connectivity index (χ4n) is 3.57. The van der Waals surface area contributed by atoms with Crippen molar-refractivity contribution in [3.8, 4) is 0 Å². The zero-order valence-corrected chi connectivity index (χ0v) is 14.7. The van der Waals surface area contributed by atoms with Crippen molar-refractivity contribution < 1.29 is 0 Å². The summed E-state index contributed by atoms with van der Waals surface area (Å²) in [4.78, 5) is 2.67. The SMILES string of the molecule is Cl.c1ccc(C(CCN2CCCCCC2)c2ccccc2)cc1. The molecular formula is C21H28ClN. The van der Waals surface area contributed by atoms with Gasteiger partial charge in [0, 0.05) is 5.92 Å². The van der Waals surface area contributed by atoms with Gasteiger partial charge in [0.1, 0.15) is 0 Å². The molecule has 124 valence electrons. The molecule has 0 bridgehead atoms. The van der Waals surface area contributed by atoms with Crippen molar-refractivity contribution in [3.63, 3.8) is 0 Å². The Hall–Kier alpha value is -1.31. The van der Waals surface area contributed by atoms with Crippen LogP contribution in [-0.4, -0.2) is 24.5 Å². The summed E-state index contributed by atoms with van der Waals surface area (Å²) in [6.07, 6.45) is 6.80. The van der Waals surface area contributed by atoms with Crippen LogP contribution in [-0.2, 0) is 0 Å². The fraction of sp³-hybridized carbons (Fsp3) is 0.429. The summed E-state index contributed by atoms with van der Waals surface area (Å²) >= 11 is 0. The van der Waals surface area contributed by atoms with Crippen molar-refractivity contribution >= 4 is 12.4 Å². The molecule has 0 aliphatic carbocycles. The van der Waals surface area contributed by atoms with Crippen LogP contribution in [0.2, 0.25) is 0 Å². The lowest BCUT2D eigenvalue weighted by molar-refractivity contribution is 0.277. The van der Waals surface area contributed by atoms with Gasteiger partial charge in [0.2, 0.25) is 0 Å². The van der Waals surface area contributed by atoms with Crippen LogP contribution < -0.4 is 0 Å². The van der Waals surface area contributed by atoms with Crippen molar-refractivity contribution in [2.75, 3.05) is 19.6 Å². The van der Waals surface area contributed by atoms with E-state index in [1.807, 2.05) is 0 Å². The molecule has 0 spiro atoms. The predicted octanol–water partition coefficient (Wildman–Crippen LogP) is 5.51. The third-order valence-electron chi connectivity index (χ3n) is 4.84. The lowest BCUT2D eigenvalue weighted by atomic mass is 9.88. The average Bonchev–Trinajstić information content (AvgIpc) is 2.86. The smallest absolute Gasteiger partial charge is 0.0101 e. The zero-order chi connectivity index (χ0) is 15.0. The Kier molecular flexibility index (Phi) is 7.64. The Bertz CT molecular complexity index is 493. The van der Waals surface area contributed by atoms with E-state index in [2.05, 4.69) is 65.6 Å². The minimum absolute atomic E-state index is 0. The van der Waals surface area contributed by atoms with E-state index in [0.717, 1.165) is 0 Å². The first-order valence-electron chi connectivity index (χ1n) is 8.76. The van der Waals surface area contributed by atoms with Gasteiger partial charge in [-0.1, -0.05) is 73.5 Å². The first-order chi connectivity index (χ1) is 10.9. The van der Waals surface area contributed by atoms with Crippen LogP contribution in [0.5, 0.6) is 0 Å². The molecule has 0 N–H and O–H groups in total. The monoisotopic (exact) mass is 329 g/mol. The van der Waals surface area contributed by atoms with Crippen molar-refractivity contribution in [3.05, 3.63) is 71.8 Å². The van der Waals surface area contributed by atoms with E-state index in [0.29, 0.717) is 5.92 Å². The van der Waals surface area contributed by atoms with Gasteiger partial charge in [-0.15, -0.1) is 12.4 Å². The molecule has 0 aromatic heterocycles. The summed E-state index contributed by atoms with van der Waals surface area (Å²) in [5.41, 5.74) is 2.90. The molecule has 0 saturated carbocycles. The number of rotatable bonds is 5. The van der Waals surface area contributed by atoms with Crippen LogP contribution in [0.4, 0.5) is 0 Å². The molecule has 1 fully saturated rings. The standard InChI is InChI=1S/C21H27N.ClH/c1-2-10-17-22(16-9-1)18-15-21(19-11-5-3-6-12-19)20-13-7-4-8-14-20;/h3-8,11-14,21H,1-2,9-10,15-18H2;1H. The highest BCUT2D eigenvalue weighted by molar-refractivity contribution is 5.85. The molecule has 2 heteroatoms. The normalized spacial score (nSPS) is 15.9. The van der Waals surface area contributed by atoms with Crippen LogP contribution >= 0.6 is 12.4 Å². The van der Waals surface area contributed by atoms with Crippen LogP contribution in [0.25, 0.3) is 0 Å². The Labute approximate surface area is 147 Å². The van der Waals surface area contributed by atoms with Crippen LogP contribution in [0.15, 0.2) is 60.7 Å². The van der Waals surface area contributed by atoms with Gasteiger partial charge in [0.15, 0.2) is 0 Å². The molecule has 1 aliphatic heterocycles. The molecular weight excluding hydrogens is 302 g/mol. The molecule has 0 radical (unpaired) electrons. The fourth-order valence-corrected chi connectivity index (χ4v) is 3.57. The maximum absolute atomic E-state index is 2.67. The molecule has 1 aliphatic rings. The van der Waals surface area contributed by atoms with E-state index in [1.54, 1.807) is 0 Å². The van der Waals surface area contributed by atoms with Gasteiger partial charge >= 0.3 is 0 Å². The molecule has 0 atom stereocenters. The molecule has 0 amide bonds. The van der Waals surface area contributed by atoms with Gasteiger partial charge in [-0.3, -0.25) is 0 Å². The van der Waals surface area contributed by atoms with E-state index in [9.17, 15) is 0 Å². The van der Waals surface area contributed by atoms with Gasteiger partial charge in [0.05, 0.1) is 0 Å². The maximum atomic E-state index is 2.67. The lowest BCUT2D eigenvalue weighted by Gasteiger charge is -2.24.